The minimum Gasteiger partial charge on any atom is -0.497 e. The van der Waals surface area contributed by atoms with Crippen molar-refractivity contribution in [3.8, 4) is 5.75 Å². The maximum atomic E-state index is 5.68. The Bertz CT molecular complexity index is 722. The van der Waals surface area contributed by atoms with Crippen molar-refractivity contribution in [3.05, 3.63) is 48.0 Å². The van der Waals surface area contributed by atoms with Gasteiger partial charge in [0.25, 0.3) is 0 Å². The van der Waals surface area contributed by atoms with E-state index in [9.17, 15) is 0 Å². The number of nitrogens with one attached hydrogen (secondary N) is 1. The number of nitrogen functional groups attached to an aromatic ring is 1. The number of anilines is 1. The van der Waals surface area contributed by atoms with Crippen molar-refractivity contribution >= 4 is 28.5 Å². The van der Waals surface area contributed by atoms with Gasteiger partial charge in [0.1, 0.15) is 5.75 Å². The number of hydrogen-bond acceptors (Lipinski definition) is 4. The fourth-order valence-corrected chi connectivity index (χ4v) is 2.77. The molecule has 0 radical (unpaired) electrons. The number of hydrogen-bond donors (Lipinski definition) is 2. The van der Waals surface area contributed by atoms with Gasteiger partial charge in [-0.1, -0.05) is 23.9 Å². The van der Waals surface area contributed by atoms with E-state index in [1.165, 1.54) is 5.56 Å². The highest BCUT2D eigenvalue weighted by molar-refractivity contribution is 7.98. The zero-order valence-corrected chi connectivity index (χ0v) is 11.9. The average molecular weight is 285 g/mol. The number of nitrogens with zero attached hydrogens (tertiary/aromatic N) is 1. The second-order valence-corrected chi connectivity index (χ2v) is 5.42. The number of benzene rings is 2. The SMILES string of the molecule is COc1ccc2nc(SCc3ccc(N)cc3)[nH]c2c1. The molecule has 3 aromatic rings. The van der Waals surface area contributed by atoms with E-state index in [-0.39, 0.29) is 0 Å². The molecule has 1 heterocycles. The molecule has 0 aliphatic carbocycles. The van der Waals surface area contributed by atoms with Crippen molar-refractivity contribution < 1.29 is 4.74 Å². The number of fused-ring (bicyclic) bond motifs is 1. The minimum absolute atomic E-state index is 0.787. The van der Waals surface area contributed by atoms with Crippen molar-refractivity contribution in [3.63, 3.8) is 0 Å². The molecule has 5 heteroatoms. The van der Waals surface area contributed by atoms with Gasteiger partial charge >= 0.3 is 0 Å². The molecular formula is C15H15N3OS. The van der Waals surface area contributed by atoms with Crippen molar-refractivity contribution in [2.75, 3.05) is 12.8 Å². The van der Waals surface area contributed by atoms with E-state index in [0.717, 1.165) is 33.4 Å². The molecule has 3 rings (SSSR count). The van der Waals surface area contributed by atoms with E-state index in [1.54, 1.807) is 18.9 Å². The van der Waals surface area contributed by atoms with E-state index in [4.69, 9.17) is 10.5 Å². The molecule has 0 bridgehead atoms. The lowest BCUT2D eigenvalue weighted by atomic mass is 10.2. The number of ether oxygens (including phenoxy) is 1. The number of nitrogens with two attached hydrogens (primary N) is 1. The summed E-state index contributed by atoms with van der Waals surface area (Å²) in [5.74, 6) is 1.69. The first-order chi connectivity index (χ1) is 9.74. The monoisotopic (exact) mass is 285 g/mol. The van der Waals surface area contributed by atoms with Crippen LogP contribution >= 0.6 is 11.8 Å². The molecular weight excluding hydrogens is 270 g/mol. The Morgan fingerprint density at radius 3 is 2.75 bits per heavy atom. The summed E-state index contributed by atoms with van der Waals surface area (Å²) in [5, 5.41) is 0.907. The van der Waals surface area contributed by atoms with Gasteiger partial charge in [0, 0.05) is 17.5 Å². The summed E-state index contributed by atoms with van der Waals surface area (Å²) in [6.45, 7) is 0. The fourth-order valence-electron chi connectivity index (χ4n) is 1.93. The lowest BCUT2D eigenvalue weighted by Crippen LogP contribution is -1.86. The van der Waals surface area contributed by atoms with Crippen molar-refractivity contribution in [1.82, 2.24) is 9.97 Å². The Morgan fingerprint density at radius 1 is 1.20 bits per heavy atom. The molecule has 0 aliphatic heterocycles. The van der Waals surface area contributed by atoms with Crippen LogP contribution in [0.3, 0.4) is 0 Å². The Labute approximate surface area is 121 Å². The zero-order chi connectivity index (χ0) is 13.9. The first-order valence-corrected chi connectivity index (χ1v) is 7.24. The maximum absolute atomic E-state index is 5.68. The predicted octanol–water partition coefficient (Wildman–Crippen LogP) is 3.45. The Morgan fingerprint density at radius 2 is 2.00 bits per heavy atom. The maximum Gasteiger partial charge on any atom is 0.166 e. The summed E-state index contributed by atoms with van der Waals surface area (Å²) in [6, 6.07) is 13.7. The summed E-state index contributed by atoms with van der Waals surface area (Å²) in [6.07, 6.45) is 0. The molecule has 0 unspecified atom stereocenters. The molecule has 20 heavy (non-hydrogen) atoms. The molecule has 4 nitrogen and oxygen atoms in total. The van der Waals surface area contributed by atoms with Gasteiger partial charge in [-0.15, -0.1) is 0 Å². The molecule has 102 valence electrons. The number of aromatic nitrogens is 2. The fraction of sp³-hybridized carbons (Fsp3) is 0.133. The standard InChI is InChI=1S/C15H15N3OS/c1-19-12-6-7-13-14(8-12)18-15(17-13)20-9-10-2-4-11(16)5-3-10/h2-8H,9,16H2,1H3,(H,17,18). The third-order valence-electron chi connectivity index (χ3n) is 3.02. The van der Waals surface area contributed by atoms with Crippen LogP contribution in [0, 0.1) is 0 Å². The van der Waals surface area contributed by atoms with Crippen molar-refractivity contribution in [2.24, 2.45) is 0 Å². The average Bonchev–Trinajstić information content (AvgIpc) is 2.88. The van der Waals surface area contributed by atoms with Gasteiger partial charge in [-0.2, -0.15) is 0 Å². The summed E-state index contributed by atoms with van der Waals surface area (Å²) >= 11 is 1.67. The smallest absolute Gasteiger partial charge is 0.166 e. The largest absolute Gasteiger partial charge is 0.497 e. The molecule has 3 N–H and O–H groups in total. The lowest BCUT2D eigenvalue weighted by molar-refractivity contribution is 0.415. The quantitative estimate of drug-likeness (QED) is 0.569. The summed E-state index contributed by atoms with van der Waals surface area (Å²) < 4.78 is 5.21. The number of aromatic amines is 1. The van der Waals surface area contributed by atoms with Crippen molar-refractivity contribution in [1.29, 1.82) is 0 Å². The van der Waals surface area contributed by atoms with Gasteiger partial charge in [0.15, 0.2) is 5.16 Å². The number of imidazole rings is 1. The first-order valence-electron chi connectivity index (χ1n) is 6.25. The normalized spacial score (nSPS) is 10.8. The minimum atomic E-state index is 0.787. The van der Waals surface area contributed by atoms with Gasteiger partial charge in [0.05, 0.1) is 18.1 Å². The predicted molar refractivity (Wildman–Crippen MR) is 83.1 cm³/mol. The van der Waals surface area contributed by atoms with Crippen molar-refractivity contribution in [2.45, 2.75) is 10.9 Å². The molecule has 2 aromatic carbocycles. The zero-order valence-electron chi connectivity index (χ0n) is 11.1. The van der Waals surface area contributed by atoms with Crippen LogP contribution < -0.4 is 10.5 Å². The third kappa shape index (κ3) is 2.72. The number of methoxy groups -OCH3 is 1. The molecule has 0 spiro atoms. The number of H-pyrrole nitrogens is 1. The van der Waals surface area contributed by atoms with E-state index >= 15 is 0 Å². The Kier molecular flexibility index (Phi) is 3.52. The summed E-state index contributed by atoms with van der Waals surface area (Å²) in [7, 11) is 1.66. The highest BCUT2D eigenvalue weighted by atomic mass is 32.2. The van der Waals surface area contributed by atoms with E-state index in [2.05, 4.69) is 9.97 Å². The lowest BCUT2D eigenvalue weighted by Gasteiger charge is -1.99. The van der Waals surface area contributed by atoms with E-state index < -0.39 is 0 Å². The molecule has 0 atom stereocenters. The van der Waals surface area contributed by atoms with Crippen LogP contribution in [0.5, 0.6) is 5.75 Å². The summed E-state index contributed by atoms with van der Waals surface area (Å²) in [4.78, 5) is 7.85. The van der Waals surface area contributed by atoms with Crippen LogP contribution in [0.1, 0.15) is 5.56 Å². The van der Waals surface area contributed by atoms with Gasteiger partial charge in [-0.25, -0.2) is 4.98 Å². The van der Waals surface area contributed by atoms with Crippen LogP contribution in [-0.2, 0) is 5.75 Å². The summed E-state index contributed by atoms with van der Waals surface area (Å²) in [5.41, 5.74) is 9.63. The Balaban J connectivity index is 1.75. The highest BCUT2D eigenvalue weighted by Gasteiger charge is 2.05. The van der Waals surface area contributed by atoms with Crippen LogP contribution in [-0.4, -0.2) is 17.1 Å². The van der Waals surface area contributed by atoms with Gasteiger partial charge < -0.3 is 15.5 Å². The van der Waals surface area contributed by atoms with E-state index in [0.29, 0.717) is 0 Å². The number of thioether (sulfide) groups is 1. The number of rotatable bonds is 4. The van der Waals surface area contributed by atoms with Gasteiger partial charge in [0.2, 0.25) is 0 Å². The molecule has 0 aliphatic rings. The van der Waals surface area contributed by atoms with Crippen LogP contribution in [0.15, 0.2) is 47.6 Å². The molecule has 0 fully saturated rings. The molecule has 0 saturated carbocycles. The molecule has 0 saturated heterocycles. The topological polar surface area (TPSA) is 63.9 Å². The molecule has 1 aromatic heterocycles. The van der Waals surface area contributed by atoms with Crippen LogP contribution in [0.4, 0.5) is 5.69 Å². The van der Waals surface area contributed by atoms with Crippen LogP contribution in [0.2, 0.25) is 0 Å². The highest BCUT2D eigenvalue weighted by Crippen LogP contribution is 2.25. The first kappa shape index (κ1) is 12.9. The van der Waals surface area contributed by atoms with Gasteiger partial charge in [-0.3, -0.25) is 0 Å². The molecule has 0 amide bonds. The second kappa shape index (κ2) is 5.46. The van der Waals surface area contributed by atoms with Crippen LogP contribution in [0.25, 0.3) is 11.0 Å². The van der Waals surface area contributed by atoms with E-state index in [1.807, 2.05) is 42.5 Å². The third-order valence-corrected chi connectivity index (χ3v) is 3.97. The second-order valence-electron chi connectivity index (χ2n) is 4.46. The van der Waals surface area contributed by atoms with Gasteiger partial charge in [-0.05, 0) is 29.8 Å². The Hall–Kier alpha value is -2.14.